The van der Waals surface area contributed by atoms with Gasteiger partial charge in [-0.3, -0.25) is 0 Å². The van der Waals surface area contributed by atoms with Crippen LogP contribution in [0.15, 0.2) is 60.2 Å². The van der Waals surface area contributed by atoms with Crippen molar-refractivity contribution in [3.05, 3.63) is 71.3 Å². The molecule has 0 saturated carbocycles. The fourth-order valence-electron chi connectivity index (χ4n) is 4.02. The molecule has 0 fully saturated rings. The van der Waals surface area contributed by atoms with Gasteiger partial charge in [-0.2, -0.15) is 0 Å². The predicted octanol–water partition coefficient (Wildman–Crippen LogP) is 5.96. The van der Waals surface area contributed by atoms with E-state index >= 15 is 0 Å². The van der Waals surface area contributed by atoms with E-state index in [0.29, 0.717) is 0 Å². The topological polar surface area (TPSA) is 0 Å². The first-order chi connectivity index (χ1) is 10.3. The Labute approximate surface area is 124 Å². The summed E-state index contributed by atoms with van der Waals surface area (Å²) in [5, 5.41) is 5.61. The number of allylic oxidation sites excluding steroid dienone is 4. The average molecular weight is 268 g/mol. The van der Waals surface area contributed by atoms with Gasteiger partial charge < -0.3 is 0 Å². The van der Waals surface area contributed by atoms with E-state index in [4.69, 9.17) is 0 Å². The normalized spacial score (nSPS) is 16.5. The molecule has 0 atom stereocenters. The fourth-order valence-corrected chi connectivity index (χ4v) is 4.02. The molecule has 0 heteroatoms. The molecule has 0 nitrogen and oxygen atoms in total. The highest BCUT2D eigenvalue weighted by Crippen LogP contribution is 2.49. The monoisotopic (exact) mass is 268 g/mol. The van der Waals surface area contributed by atoms with Gasteiger partial charge in [0.05, 0.1) is 0 Å². The molecule has 2 aliphatic rings. The van der Waals surface area contributed by atoms with E-state index in [9.17, 15) is 0 Å². The zero-order valence-electron chi connectivity index (χ0n) is 12.1. The third-order valence-electron chi connectivity index (χ3n) is 4.96. The standard InChI is InChI=1S/C21H16/c1-13-9-10-18-19(11-13)17-8-4-6-15-12-14-5-2-3-7-16(14)21(18)20(15)17/h2-8,11-12H,9-10H2,1H3. The Morgan fingerprint density at radius 3 is 2.67 bits per heavy atom. The minimum absolute atomic E-state index is 1.18. The lowest BCUT2D eigenvalue weighted by Gasteiger charge is -2.15. The molecule has 0 N–H and O–H groups in total. The Bertz CT molecular complexity index is 984. The Hall–Kier alpha value is -2.34. The SMILES string of the molecule is CC1=CC2=C(CC1)c1c3ccccc3cc3cccc2c13. The third-order valence-corrected chi connectivity index (χ3v) is 4.96. The van der Waals surface area contributed by atoms with Gasteiger partial charge in [-0.1, -0.05) is 54.1 Å². The molecule has 0 unspecified atom stereocenters. The molecule has 3 aromatic carbocycles. The predicted molar refractivity (Wildman–Crippen MR) is 91.3 cm³/mol. The maximum atomic E-state index is 2.41. The van der Waals surface area contributed by atoms with Crippen LogP contribution in [-0.2, 0) is 0 Å². The van der Waals surface area contributed by atoms with Crippen LogP contribution in [0.1, 0.15) is 30.9 Å². The number of hydrogen-bond acceptors (Lipinski definition) is 0. The summed E-state index contributed by atoms with van der Waals surface area (Å²) in [5.74, 6) is 0. The van der Waals surface area contributed by atoms with Crippen molar-refractivity contribution in [1.82, 2.24) is 0 Å². The van der Waals surface area contributed by atoms with Gasteiger partial charge >= 0.3 is 0 Å². The van der Waals surface area contributed by atoms with Crippen LogP contribution in [0, 0.1) is 0 Å². The maximum Gasteiger partial charge on any atom is -0.00233 e. The van der Waals surface area contributed by atoms with Crippen LogP contribution < -0.4 is 0 Å². The van der Waals surface area contributed by atoms with Gasteiger partial charge in [-0.15, -0.1) is 0 Å². The summed E-state index contributed by atoms with van der Waals surface area (Å²) in [7, 11) is 0. The van der Waals surface area contributed by atoms with Crippen molar-refractivity contribution in [3.63, 3.8) is 0 Å². The maximum absolute atomic E-state index is 2.41. The molecule has 100 valence electrons. The highest BCUT2D eigenvalue weighted by molar-refractivity contribution is 6.22. The second-order valence-corrected chi connectivity index (χ2v) is 6.26. The molecular formula is C21H16. The molecule has 2 aliphatic carbocycles. The van der Waals surface area contributed by atoms with E-state index in [0.717, 1.165) is 0 Å². The molecular weight excluding hydrogens is 252 g/mol. The van der Waals surface area contributed by atoms with Gasteiger partial charge in [0.1, 0.15) is 0 Å². The van der Waals surface area contributed by atoms with Crippen molar-refractivity contribution in [3.8, 4) is 0 Å². The molecule has 5 rings (SSSR count). The minimum atomic E-state index is 1.18. The van der Waals surface area contributed by atoms with Crippen LogP contribution in [0.25, 0.3) is 32.7 Å². The summed E-state index contributed by atoms with van der Waals surface area (Å²) in [4.78, 5) is 0. The van der Waals surface area contributed by atoms with Gasteiger partial charge in [0, 0.05) is 0 Å². The number of fused-ring (bicyclic) bond motifs is 4. The van der Waals surface area contributed by atoms with E-state index in [-0.39, 0.29) is 0 Å². The average Bonchev–Trinajstić information content (AvgIpc) is 2.84. The summed E-state index contributed by atoms with van der Waals surface area (Å²) < 4.78 is 0. The lowest BCUT2D eigenvalue weighted by molar-refractivity contribution is 0.986. The van der Waals surface area contributed by atoms with Crippen molar-refractivity contribution < 1.29 is 0 Å². The van der Waals surface area contributed by atoms with Gasteiger partial charge in [0.2, 0.25) is 0 Å². The van der Waals surface area contributed by atoms with Gasteiger partial charge in [0.25, 0.3) is 0 Å². The van der Waals surface area contributed by atoms with Crippen LogP contribution >= 0.6 is 0 Å². The summed E-state index contributed by atoms with van der Waals surface area (Å²) in [5.41, 5.74) is 7.46. The Morgan fingerprint density at radius 1 is 0.857 bits per heavy atom. The molecule has 0 radical (unpaired) electrons. The van der Waals surface area contributed by atoms with E-state index in [1.807, 2.05) is 0 Å². The zero-order valence-corrected chi connectivity index (χ0v) is 12.1. The second kappa shape index (κ2) is 3.85. The van der Waals surface area contributed by atoms with Crippen molar-refractivity contribution in [2.75, 3.05) is 0 Å². The first kappa shape index (κ1) is 11.3. The van der Waals surface area contributed by atoms with Crippen LogP contribution in [0.3, 0.4) is 0 Å². The van der Waals surface area contributed by atoms with Crippen molar-refractivity contribution in [2.24, 2.45) is 0 Å². The van der Waals surface area contributed by atoms with Gasteiger partial charge in [-0.25, -0.2) is 0 Å². The largest absolute Gasteiger partial charge is 0.0724 e. The fraction of sp³-hybridized carbons (Fsp3) is 0.143. The Morgan fingerprint density at radius 2 is 1.71 bits per heavy atom. The smallest absolute Gasteiger partial charge is 0.00233 e. The van der Waals surface area contributed by atoms with Crippen molar-refractivity contribution in [1.29, 1.82) is 0 Å². The van der Waals surface area contributed by atoms with Crippen LogP contribution in [0.4, 0.5) is 0 Å². The number of hydrogen-bond donors (Lipinski definition) is 0. The molecule has 0 heterocycles. The molecule has 0 aromatic heterocycles. The zero-order chi connectivity index (χ0) is 14.0. The minimum Gasteiger partial charge on any atom is -0.0724 e. The van der Waals surface area contributed by atoms with Gasteiger partial charge in [-0.05, 0) is 69.6 Å². The van der Waals surface area contributed by atoms with E-state index in [1.54, 1.807) is 5.57 Å². The quantitative estimate of drug-likeness (QED) is 0.441. The molecule has 0 spiro atoms. The van der Waals surface area contributed by atoms with Crippen LogP contribution in [0.2, 0.25) is 0 Å². The molecule has 21 heavy (non-hydrogen) atoms. The Balaban J connectivity index is 2.04. The van der Waals surface area contributed by atoms with Crippen LogP contribution in [0.5, 0.6) is 0 Å². The highest BCUT2D eigenvalue weighted by atomic mass is 14.3. The number of benzene rings is 3. The van der Waals surface area contributed by atoms with Gasteiger partial charge in [0.15, 0.2) is 0 Å². The second-order valence-electron chi connectivity index (χ2n) is 6.26. The van der Waals surface area contributed by atoms with E-state index < -0.39 is 0 Å². The molecule has 0 bridgehead atoms. The number of rotatable bonds is 0. The van der Waals surface area contributed by atoms with Crippen LogP contribution in [-0.4, -0.2) is 0 Å². The lowest BCUT2D eigenvalue weighted by atomic mass is 9.89. The summed E-state index contributed by atoms with van der Waals surface area (Å²) in [6, 6.07) is 17.9. The third kappa shape index (κ3) is 1.40. The lowest BCUT2D eigenvalue weighted by Crippen LogP contribution is -1.92. The van der Waals surface area contributed by atoms with E-state index in [1.165, 1.54) is 56.7 Å². The highest BCUT2D eigenvalue weighted by Gasteiger charge is 2.26. The summed E-state index contributed by atoms with van der Waals surface area (Å²) in [6.07, 6.45) is 4.77. The first-order valence-electron chi connectivity index (χ1n) is 7.68. The van der Waals surface area contributed by atoms with E-state index in [2.05, 4.69) is 61.5 Å². The molecule has 0 amide bonds. The summed E-state index contributed by atoms with van der Waals surface area (Å²) >= 11 is 0. The van der Waals surface area contributed by atoms with Crippen molar-refractivity contribution in [2.45, 2.75) is 19.8 Å². The molecule has 0 saturated heterocycles. The summed E-state index contributed by atoms with van der Waals surface area (Å²) in [6.45, 7) is 2.25. The first-order valence-corrected chi connectivity index (χ1v) is 7.68. The molecule has 3 aromatic rings. The Kier molecular flexibility index (Phi) is 2.08. The van der Waals surface area contributed by atoms with Crippen molar-refractivity contribution >= 4 is 32.7 Å². The molecule has 0 aliphatic heterocycles.